The van der Waals surface area contributed by atoms with Crippen molar-refractivity contribution in [3.8, 4) is 6.07 Å². The second kappa shape index (κ2) is 4.53. The molecule has 0 N–H and O–H groups in total. The Morgan fingerprint density at radius 3 is 2.47 bits per heavy atom. The normalized spacial score (nSPS) is 38.5. The second-order valence-electron chi connectivity index (χ2n) is 5.23. The summed E-state index contributed by atoms with van der Waals surface area (Å²) in [6, 6.07) is 2.66. The van der Waals surface area contributed by atoms with Gasteiger partial charge in [-0.2, -0.15) is 5.26 Å². The van der Waals surface area contributed by atoms with Crippen LogP contribution < -0.4 is 0 Å². The quantitative estimate of drug-likeness (QED) is 0.659. The molecule has 2 unspecified atom stereocenters. The fourth-order valence-corrected chi connectivity index (χ4v) is 3.33. The lowest BCUT2D eigenvalue weighted by molar-refractivity contribution is 0.0373. The monoisotopic (exact) mass is 206 g/mol. The van der Waals surface area contributed by atoms with Gasteiger partial charge >= 0.3 is 0 Å². The maximum Gasteiger partial charge on any atom is 0.111 e. The average Bonchev–Trinajstić information content (AvgIpc) is 2.31. The van der Waals surface area contributed by atoms with E-state index >= 15 is 0 Å². The SMILES string of the molecule is CC1CCCCC1(C#N)N1CCCCC1. The molecule has 0 aromatic rings. The molecular formula is C13H22N2. The van der Waals surface area contributed by atoms with E-state index in [9.17, 15) is 5.26 Å². The molecule has 1 heterocycles. The van der Waals surface area contributed by atoms with E-state index < -0.39 is 0 Å². The van der Waals surface area contributed by atoms with E-state index in [0.717, 1.165) is 19.5 Å². The van der Waals surface area contributed by atoms with Gasteiger partial charge in [0, 0.05) is 0 Å². The molecule has 2 rings (SSSR count). The van der Waals surface area contributed by atoms with E-state index in [-0.39, 0.29) is 5.54 Å². The highest BCUT2D eigenvalue weighted by atomic mass is 15.2. The summed E-state index contributed by atoms with van der Waals surface area (Å²) in [5.74, 6) is 0.564. The minimum absolute atomic E-state index is 0.112. The number of rotatable bonds is 1. The van der Waals surface area contributed by atoms with Crippen molar-refractivity contribution in [1.29, 1.82) is 5.26 Å². The molecule has 2 atom stereocenters. The van der Waals surface area contributed by atoms with Crippen molar-refractivity contribution in [2.24, 2.45) is 5.92 Å². The molecule has 1 saturated carbocycles. The van der Waals surface area contributed by atoms with Crippen molar-refractivity contribution in [1.82, 2.24) is 4.90 Å². The largest absolute Gasteiger partial charge is 0.285 e. The van der Waals surface area contributed by atoms with Crippen LogP contribution in [0, 0.1) is 17.2 Å². The molecule has 1 aliphatic heterocycles. The predicted octanol–water partition coefficient (Wildman–Crippen LogP) is 2.94. The van der Waals surface area contributed by atoms with Crippen LogP contribution in [0.2, 0.25) is 0 Å². The van der Waals surface area contributed by atoms with Gasteiger partial charge in [-0.1, -0.05) is 26.2 Å². The van der Waals surface area contributed by atoms with Crippen LogP contribution in [0.15, 0.2) is 0 Å². The van der Waals surface area contributed by atoms with Crippen LogP contribution in [0.1, 0.15) is 51.9 Å². The summed E-state index contributed by atoms with van der Waals surface area (Å²) < 4.78 is 0. The molecule has 0 spiro atoms. The summed E-state index contributed by atoms with van der Waals surface area (Å²) in [6.07, 6.45) is 8.83. The minimum Gasteiger partial charge on any atom is -0.285 e. The van der Waals surface area contributed by atoms with Crippen molar-refractivity contribution in [2.45, 2.75) is 57.4 Å². The Morgan fingerprint density at radius 1 is 1.13 bits per heavy atom. The molecule has 0 amide bonds. The van der Waals surface area contributed by atoms with Gasteiger partial charge in [-0.25, -0.2) is 0 Å². The van der Waals surface area contributed by atoms with E-state index in [1.807, 2.05) is 0 Å². The van der Waals surface area contributed by atoms with Crippen LogP contribution in [0.3, 0.4) is 0 Å². The second-order valence-corrected chi connectivity index (χ2v) is 5.23. The summed E-state index contributed by atoms with van der Waals surface area (Å²) in [7, 11) is 0. The lowest BCUT2D eigenvalue weighted by atomic mass is 9.73. The van der Waals surface area contributed by atoms with Crippen molar-refractivity contribution >= 4 is 0 Å². The third-order valence-electron chi connectivity index (χ3n) is 4.37. The van der Waals surface area contributed by atoms with Crippen LogP contribution in [-0.2, 0) is 0 Å². The molecule has 0 aromatic heterocycles. The summed E-state index contributed by atoms with van der Waals surface area (Å²) >= 11 is 0. The first-order valence-electron chi connectivity index (χ1n) is 6.46. The Balaban J connectivity index is 2.15. The number of nitriles is 1. The Bertz CT molecular complexity index is 250. The summed E-state index contributed by atoms with van der Waals surface area (Å²) in [4.78, 5) is 2.49. The Morgan fingerprint density at radius 2 is 1.87 bits per heavy atom. The highest BCUT2D eigenvalue weighted by Crippen LogP contribution is 2.39. The molecule has 0 bridgehead atoms. The smallest absolute Gasteiger partial charge is 0.111 e. The maximum atomic E-state index is 9.57. The summed E-state index contributed by atoms with van der Waals surface area (Å²) in [6.45, 7) is 4.58. The molecule has 0 aromatic carbocycles. The van der Waals surface area contributed by atoms with E-state index in [2.05, 4.69) is 17.9 Å². The molecule has 84 valence electrons. The number of hydrogen-bond donors (Lipinski definition) is 0. The van der Waals surface area contributed by atoms with Crippen molar-refractivity contribution in [3.63, 3.8) is 0 Å². The zero-order valence-electron chi connectivity index (χ0n) is 9.84. The first-order chi connectivity index (χ1) is 7.29. The molecule has 2 fully saturated rings. The molecule has 1 saturated heterocycles. The number of nitrogens with zero attached hydrogens (tertiary/aromatic N) is 2. The molecule has 2 aliphatic rings. The number of piperidine rings is 1. The Labute approximate surface area is 93.3 Å². The van der Waals surface area contributed by atoms with Crippen LogP contribution >= 0.6 is 0 Å². The van der Waals surface area contributed by atoms with Gasteiger partial charge < -0.3 is 0 Å². The molecule has 1 aliphatic carbocycles. The first kappa shape index (κ1) is 11.0. The highest BCUT2D eigenvalue weighted by Gasteiger charge is 2.43. The van der Waals surface area contributed by atoms with Crippen LogP contribution in [0.25, 0.3) is 0 Å². The average molecular weight is 206 g/mol. The van der Waals surface area contributed by atoms with Crippen molar-refractivity contribution in [2.75, 3.05) is 13.1 Å². The van der Waals surface area contributed by atoms with Crippen LogP contribution in [0.4, 0.5) is 0 Å². The molecular weight excluding hydrogens is 184 g/mol. The lowest BCUT2D eigenvalue weighted by Crippen LogP contribution is -2.55. The van der Waals surface area contributed by atoms with E-state index in [0.29, 0.717) is 5.92 Å². The zero-order chi connectivity index (χ0) is 10.7. The third kappa shape index (κ3) is 1.90. The van der Waals surface area contributed by atoms with E-state index in [1.54, 1.807) is 0 Å². The first-order valence-corrected chi connectivity index (χ1v) is 6.46. The van der Waals surface area contributed by atoms with E-state index in [4.69, 9.17) is 0 Å². The Hall–Kier alpha value is -0.550. The summed E-state index contributed by atoms with van der Waals surface area (Å²) in [5, 5.41) is 9.57. The van der Waals surface area contributed by atoms with Gasteiger partial charge in [-0.15, -0.1) is 0 Å². The molecule has 0 radical (unpaired) electrons. The predicted molar refractivity (Wildman–Crippen MR) is 61.4 cm³/mol. The number of hydrogen-bond acceptors (Lipinski definition) is 2. The van der Waals surface area contributed by atoms with E-state index in [1.165, 1.54) is 38.5 Å². The topological polar surface area (TPSA) is 27.0 Å². The van der Waals surface area contributed by atoms with Crippen molar-refractivity contribution < 1.29 is 0 Å². The Kier molecular flexibility index (Phi) is 3.31. The maximum absolute atomic E-state index is 9.57. The zero-order valence-corrected chi connectivity index (χ0v) is 9.84. The lowest BCUT2D eigenvalue weighted by Gasteiger charge is -2.47. The molecule has 15 heavy (non-hydrogen) atoms. The number of likely N-dealkylation sites (tertiary alicyclic amines) is 1. The molecule has 2 heteroatoms. The van der Waals surface area contributed by atoms with Gasteiger partial charge in [0.25, 0.3) is 0 Å². The van der Waals surface area contributed by atoms with Crippen LogP contribution in [-0.4, -0.2) is 23.5 Å². The van der Waals surface area contributed by atoms with Gasteiger partial charge in [-0.05, 0) is 44.7 Å². The van der Waals surface area contributed by atoms with Gasteiger partial charge in [0.15, 0.2) is 0 Å². The van der Waals surface area contributed by atoms with Gasteiger partial charge in [0.1, 0.15) is 5.54 Å². The third-order valence-corrected chi connectivity index (χ3v) is 4.37. The van der Waals surface area contributed by atoms with Crippen LogP contribution in [0.5, 0.6) is 0 Å². The summed E-state index contributed by atoms with van der Waals surface area (Å²) in [5.41, 5.74) is -0.112. The fraction of sp³-hybridized carbons (Fsp3) is 0.923. The highest BCUT2D eigenvalue weighted by molar-refractivity contribution is 5.13. The fourth-order valence-electron chi connectivity index (χ4n) is 3.33. The standard InChI is InChI=1S/C13H22N2/c1-12-7-3-4-8-13(12,11-14)15-9-5-2-6-10-15/h12H,2-10H2,1H3. The van der Waals surface area contributed by atoms with Crippen molar-refractivity contribution in [3.05, 3.63) is 0 Å². The van der Waals surface area contributed by atoms with Gasteiger partial charge in [0.05, 0.1) is 6.07 Å². The molecule has 2 nitrogen and oxygen atoms in total. The van der Waals surface area contributed by atoms with Gasteiger partial charge in [0.2, 0.25) is 0 Å². The van der Waals surface area contributed by atoms with Gasteiger partial charge in [-0.3, -0.25) is 4.90 Å². The minimum atomic E-state index is -0.112.